The molecule has 216 valence electrons. The van der Waals surface area contributed by atoms with Crippen molar-refractivity contribution >= 4 is 29.4 Å². The fourth-order valence-electron chi connectivity index (χ4n) is 5.30. The van der Waals surface area contributed by atoms with Crippen molar-refractivity contribution in [3.63, 3.8) is 0 Å². The molecule has 1 aliphatic rings. The molecule has 0 bridgehead atoms. The van der Waals surface area contributed by atoms with Gasteiger partial charge in [0.25, 0.3) is 0 Å². The first-order valence-electron chi connectivity index (χ1n) is 14.0. The zero-order valence-corrected chi connectivity index (χ0v) is 24.6. The lowest BCUT2D eigenvalue weighted by Crippen LogP contribution is -2.42. The molecule has 0 radical (unpaired) electrons. The van der Waals surface area contributed by atoms with Gasteiger partial charge in [0.15, 0.2) is 0 Å². The van der Waals surface area contributed by atoms with E-state index in [1.807, 2.05) is 80.6 Å². The molecule has 5 aromatic rings. The van der Waals surface area contributed by atoms with Crippen LogP contribution in [0.15, 0.2) is 97.3 Å². The maximum absolute atomic E-state index is 14.6. The van der Waals surface area contributed by atoms with Gasteiger partial charge in [0.2, 0.25) is 11.8 Å². The van der Waals surface area contributed by atoms with Gasteiger partial charge in [-0.2, -0.15) is 5.10 Å². The summed E-state index contributed by atoms with van der Waals surface area (Å²) in [7, 11) is 0. The van der Waals surface area contributed by atoms with E-state index in [1.165, 1.54) is 28.8 Å². The Bertz CT molecular complexity index is 1790. The molecule has 6 rings (SSSR count). The molecule has 0 spiro atoms. The second-order valence-corrected chi connectivity index (χ2v) is 11.5. The van der Waals surface area contributed by atoms with Gasteiger partial charge in [-0.05, 0) is 66.4 Å². The Labute approximate surface area is 253 Å². The maximum atomic E-state index is 14.6. The molecule has 3 heterocycles. The van der Waals surface area contributed by atoms with Crippen LogP contribution < -0.4 is 10.2 Å². The third-order valence-corrected chi connectivity index (χ3v) is 8.89. The lowest BCUT2D eigenvalue weighted by atomic mass is 9.99. The lowest BCUT2D eigenvalue weighted by Gasteiger charge is -2.24. The molecule has 0 fully saturated rings. The van der Waals surface area contributed by atoms with Gasteiger partial charge in [-0.15, -0.1) is 11.8 Å². The van der Waals surface area contributed by atoms with E-state index in [2.05, 4.69) is 10.3 Å². The Morgan fingerprint density at radius 3 is 2.53 bits per heavy atom. The third kappa shape index (κ3) is 5.81. The van der Waals surface area contributed by atoms with Crippen LogP contribution in [0, 0.1) is 19.7 Å². The molecule has 9 heteroatoms. The number of benzene rings is 3. The molecule has 3 aromatic carbocycles. The van der Waals surface area contributed by atoms with E-state index in [0.717, 1.165) is 39.1 Å². The van der Waals surface area contributed by atoms with Gasteiger partial charge in [0.05, 0.1) is 22.4 Å². The topological polar surface area (TPSA) is 80.1 Å². The standard InChI is InChI=1S/C34H30FN5O2S/c1-22-8-6-13-28(23(22)2)40-34-31(32(38-40)25-9-4-3-5-10-25)33(26-11-7-12-27(35)18-26)43-21-30(42)39(34)20-29(41)37-19-24-14-16-36-17-15-24/h3-18,33H,19-21H2,1-2H3,(H,37,41)/t33-/m1/s1. The zero-order valence-electron chi connectivity index (χ0n) is 23.8. The number of halogens is 1. The van der Waals surface area contributed by atoms with Gasteiger partial charge in [0.1, 0.15) is 18.2 Å². The molecular formula is C34H30FN5O2S. The fraction of sp³-hybridized carbons (Fsp3) is 0.176. The number of carbonyl (C=O) groups excluding carboxylic acids is 2. The molecular weight excluding hydrogens is 561 g/mol. The largest absolute Gasteiger partial charge is 0.350 e. The Balaban J connectivity index is 1.55. The molecule has 0 aliphatic carbocycles. The van der Waals surface area contributed by atoms with Crippen LogP contribution in [0.5, 0.6) is 0 Å². The van der Waals surface area contributed by atoms with Gasteiger partial charge in [0, 0.05) is 30.1 Å². The average molecular weight is 592 g/mol. The number of fused-ring (bicyclic) bond motifs is 1. The number of nitrogens with one attached hydrogen (secondary N) is 1. The summed E-state index contributed by atoms with van der Waals surface area (Å²) in [6, 6.07) is 25.8. The average Bonchev–Trinajstić information content (AvgIpc) is 3.34. The van der Waals surface area contributed by atoms with Crippen molar-refractivity contribution in [2.75, 3.05) is 17.2 Å². The number of anilines is 1. The summed E-state index contributed by atoms with van der Waals surface area (Å²) < 4.78 is 16.4. The van der Waals surface area contributed by atoms with E-state index in [4.69, 9.17) is 5.10 Å². The molecule has 7 nitrogen and oxygen atoms in total. The second-order valence-electron chi connectivity index (χ2n) is 10.4. The first-order valence-corrected chi connectivity index (χ1v) is 15.0. The molecule has 0 unspecified atom stereocenters. The van der Waals surface area contributed by atoms with Crippen molar-refractivity contribution < 1.29 is 14.0 Å². The summed E-state index contributed by atoms with van der Waals surface area (Å²) in [4.78, 5) is 32.9. The van der Waals surface area contributed by atoms with Crippen LogP contribution in [0.2, 0.25) is 0 Å². The van der Waals surface area contributed by atoms with E-state index < -0.39 is 5.25 Å². The number of thioether (sulfide) groups is 1. The van der Waals surface area contributed by atoms with Gasteiger partial charge >= 0.3 is 0 Å². The monoisotopic (exact) mass is 591 g/mol. The number of aryl methyl sites for hydroxylation is 1. The van der Waals surface area contributed by atoms with E-state index in [1.54, 1.807) is 23.1 Å². The molecule has 43 heavy (non-hydrogen) atoms. The van der Waals surface area contributed by atoms with Crippen LogP contribution >= 0.6 is 11.8 Å². The van der Waals surface area contributed by atoms with E-state index in [-0.39, 0.29) is 29.9 Å². The molecule has 2 aromatic heterocycles. The van der Waals surface area contributed by atoms with Crippen LogP contribution in [0.4, 0.5) is 10.2 Å². The minimum atomic E-state index is -0.409. The minimum Gasteiger partial charge on any atom is -0.350 e. The summed E-state index contributed by atoms with van der Waals surface area (Å²) in [5.41, 5.74) is 6.80. The molecule has 1 N–H and O–H groups in total. The second kappa shape index (κ2) is 12.2. The quantitative estimate of drug-likeness (QED) is 0.245. The summed E-state index contributed by atoms with van der Waals surface area (Å²) in [5, 5.41) is 7.67. The normalized spacial score (nSPS) is 14.7. The van der Waals surface area contributed by atoms with Gasteiger partial charge in [-0.1, -0.05) is 54.6 Å². The van der Waals surface area contributed by atoms with E-state index >= 15 is 0 Å². The van der Waals surface area contributed by atoms with Gasteiger partial charge in [-0.25, -0.2) is 9.07 Å². The number of nitrogens with zero attached hydrogens (tertiary/aromatic N) is 4. The van der Waals surface area contributed by atoms with Crippen molar-refractivity contribution in [3.8, 4) is 16.9 Å². The first kappa shape index (κ1) is 28.4. The van der Waals surface area contributed by atoms with Crippen LogP contribution in [-0.2, 0) is 16.1 Å². The Kier molecular flexibility index (Phi) is 8.07. The van der Waals surface area contributed by atoms with Crippen LogP contribution in [0.1, 0.15) is 33.1 Å². The first-order chi connectivity index (χ1) is 20.9. The number of pyridine rings is 1. The van der Waals surface area contributed by atoms with E-state index in [0.29, 0.717) is 18.1 Å². The summed E-state index contributed by atoms with van der Waals surface area (Å²) >= 11 is 1.41. The number of carbonyl (C=O) groups is 2. The van der Waals surface area contributed by atoms with E-state index in [9.17, 15) is 14.0 Å². The van der Waals surface area contributed by atoms with Crippen LogP contribution in [0.3, 0.4) is 0 Å². The van der Waals surface area contributed by atoms with Crippen molar-refractivity contribution in [3.05, 3.63) is 131 Å². The van der Waals surface area contributed by atoms with Crippen molar-refractivity contribution in [1.29, 1.82) is 0 Å². The minimum absolute atomic E-state index is 0.106. The Morgan fingerprint density at radius 2 is 1.77 bits per heavy atom. The Morgan fingerprint density at radius 1 is 1.00 bits per heavy atom. The lowest BCUT2D eigenvalue weighted by molar-refractivity contribution is -0.123. The van der Waals surface area contributed by atoms with Crippen molar-refractivity contribution in [1.82, 2.24) is 20.1 Å². The van der Waals surface area contributed by atoms with Gasteiger partial charge < -0.3 is 5.32 Å². The third-order valence-electron chi connectivity index (χ3n) is 7.63. The highest BCUT2D eigenvalue weighted by Gasteiger charge is 2.38. The highest BCUT2D eigenvalue weighted by atomic mass is 32.2. The van der Waals surface area contributed by atoms with Crippen LogP contribution in [0.25, 0.3) is 16.9 Å². The highest BCUT2D eigenvalue weighted by Crippen LogP contribution is 2.48. The molecule has 0 saturated carbocycles. The number of aromatic nitrogens is 3. The predicted molar refractivity (Wildman–Crippen MR) is 168 cm³/mol. The smallest absolute Gasteiger partial charge is 0.240 e. The Hall–Kier alpha value is -4.76. The summed E-state index contributed by atoms with van der Waals surface area (Å²) in [6.45, 7) is 4.16. The van der Waals surface area contributed by atoms with Crippen molar-refractivity contribution in [2.24, 2.45) is 0 Å². The predicted octanol–water partition coefficient (Wildman–Crippen LogP) is 6.18. The fourth-order valence-corrected chi connectivity index (χ4v) is 6.48. The molecule has 1 atom stereocenters. The van der Waals surface area contributed by atoms with Gasteiger partial charge in [-0.3, -0.25) is 19.5 Å². The van der Waals surface area contributed by atoms with Crippen LogP contribution in [-0.4, -0.2) is 38.9 Å². The molecule has 2 amide bonds. The van der Waals surface area contributed by atoms with Crippen molar-refractivity contribution in [2.45, 2.75) is 25.6 Å². The summed E-state index contributed by atoms with van der Waals surface area (Å²) in [6.07, 6.45) is 3.34. The molecule has 1 aliphatic heterocycles. The number of hydrogen-bond acceptors (Lipinski definition) is 5. The summed E-state index contributed by atoms with van der Waals surface area (Å²) in [5.74, 6) is -0.272. The SMILES string of the molecule is Cc1cccc(-n2nc(-c3ccccc3)c3c2N(CC(=O)NCc2ccncc2)C(=O)CS[C@@H]3c2cccc(F)c2)c1C. The molecule has 0 saturated heterocycles. The zero-order chi connectivity index (χ0) is 29.9. The maximum Gasteiger partial charge on any atom is 0.240 e. The number of hydrogen-bond donors (Lipinski definition) is 1. The highest BCUT2D eigenvalue weighted by molar-refractivity contribution is 8.00. The number of rotatable bonds is 7. The number of amides is 2.